The van der Waals surface area contributed by atoms with Crippen molar-refractivity contribution in [2.45, 2.75) is 30.7 Å². The van der Waals surface area contributed by atoms with Crippen molar-refractivity contribution in [2.75, 3.05) is 18.2 Å². The molecule has 1 aromatic heterocycles. The summed E-state index contributed by atoms with van der Waals surface area (Å²) in [6, 6.07) is 5.37. The third-order valence-corrected chi connectivity index (χ3v) is 6.11. The van der Waals surface area contributed by atoms with E-state index in [2.05, 4.69) is 9.82 Å². The van der Waals surface area contributed by atoms with Crippen LogP contribution in [0.2, 0.25) is 0 Å². The molecule has 4 rings (SSSR count). The number of aryl methyl sites for hydroxylation is 2. The summed E-state index contributed by atoms with van der Waals surface area (Å²) < 4.78 is 40.1. The third-order valence-electron chi connectivity index (χ3n) is 4.64. The summed E-state index contributed by atoms with van der Waals surface area (Å²) in [6.45, 7) is 2.43. The van der Waals surface area contributed by atoms with Gasteiger partial charge >= 0.3 is 0 Å². The molecule has 3 heterocycles. The predicted octanol–water partition coefficient (Wildman–Crippen LogP) is 0.931. The lowest BCUT2D eigenvalue weighted by atomic mass is 10.1. The maximum atomic E-state index is 12.9. The smallest absolute Gasteiger partial charge is 0.246 e. The number of nitrogens with zero attached hydrogens (tertiary/aromatic N) is 3. The van der Waals surface area contributed by atoms with Crippen molar-refractivity contribution >= 4 is 21.7 Å². The maximum absolute atomic E-state index is 12.9. The van der Waals surface area contributed by atoms with Gasteiger partial charge in [-0.3, -0.25) is 14.4 Å². The second-order valence-corrected chi connectivity index (χ2v) is 8.30. The minimum absolute atomic E-state index is 0.0352. The van der Waals surface area contributed by atoms with Crippen molar-refractivity contribution in [2.24, 2.45) is 7.05 Å². The fourth-order valence-electron chi connectivity index (χ4n) is 3.36. The molecule has 0 spiro atoms. The van der Waals surface area contributed by atoms with Gasteiger partial charge in [-0.1, -0.05) is 0 Å². The van der Waals surface area contributed by atoms with E-state index in [1.807, 2.05) is 13.0 Å². The molecule has 1 aromatic carbocycles. The molecule has 1 saturated heterocycles. The van der Waals surface area contributed by atoms with Crippen molar-refractivity contribution in [3.8, 4) is 11.5 Å². The zero-order chi connectivity index (χ0) is 19.2. The Bertz CT molecular complexity index is 1000. The number of carbonyl (C=O) groups is 1. The summed E-state index contributed by atoms with van der Waals surface area (Å²) >= 11 is 0. The molecule has 1 atom stereocenters. The van der Waals surface area contributed by atoms with Crippen LogP contribution in [-0.4, -0.2) is 43.5 Å². The number of fused-ring (bicyclic) bond motifs is 1. The molecule has 9 nitrogen and oxygen atoms in total. The van der Waals surface area contributed by atoms with Gasteiger partial charge < -0.3 is 9.47 Å². The van der Waals surface area contributed by atoms with Crippen LogP contribution in [0.15, 0.2) is 29.2 Å². The molecule has 0 aliphatic carbocycles. The number of anilines is 1. The highest BCUT2D eigenvalue weighted by Crippen LogP contribution is 2.34. The molecule has 2 aliphatic rings. The number of nitrogens with one attached hydrogen (secondary N) is 1. The van der Waals surface area contributed by atoms with Gasteiger partial charge in [-0.25, -0.2) is 8.42 Å². The van der Waals surface area contributed by atoms with Crippen molar-refractivity contribution in [3.63, 3.8) is 0 Å². The second kappa shape index (κ2) is 6.54. The molecule has 10 heteroatoms. The molecule has 0 radical (unpaired) electrons. The Morgan fingerprint density at radius 3 is 2.74 bits per heavy atom. The van der Waals surface area contributed by atoms with Gasteiger partial charge in [0.15, 0.2) is 11.5 Å². The van der Waals surface area contributed by atoms with E-state index in [1.165, 1.54) is 12.1 Å². The number of piperidine rings is 1. The van der Waals surface area contributed by atoms with E-state index in [9.17, 15) is 13.2 Å². The van der Waals surface area contributed by atoms with Crippen molar-refractivity contribution < 1.29 is 22.7 Å². The number of benzene rings is 1. The van der Waals surface area contributed by atoms with E-state index < -0.39 is 16.1 Å². The Balaban J connectivity index is 1.56. The lowest BCUT2D eigenvalue weighted by Crippen LogP contribution is -2.52. The van der Waals surface area contributed by atoms with Gasteiger partial charge in [0.25, 0.3) is 0 Å². The molecule has 2 aliphatic heterocycles. The highest BCUT2D eigenvalue weighted by molar-refractivity contribution is 7.89. The van der Waals surface area contributed by atoms with Gasteiger partial charge in [0, 0.05) is 25.7 Å². The van der Waals surface area contributed by atoms with Crippen molar-refractivity contribution in [1.82, 2.24) is 14.5 Å². The van der Waals surface area contributed by atoms with Gasteiger partial charge in [0.2, 0.25) is 22.7 Å². The molecule has 0 bridgehead atoms. The number of carbonyl (C=O) groups excluding carboxylic acids is 1. The van der Waals surface area contributed by atoms with Gasteiger partial charge in [-0.2, -0.15) is 9.82 Å². The van der Waals surface area contributed by atoms with E-state index in [0.29, 0.717) is 36.7 Å². The number of sulfonamides is 1. The van der Waals surface area contributed by atoms with Crippen LogP contribution in [0.1, 0.15) is 18.5 Å². The molecule has 0 saturated carbocycles. The van der Waals surface area contributed by atoms with E-state index in [-0.39, 0.29) is 17.6 Å². The van der Waals surface area contributed by atoms with Gasteiger partial charge in [0.05, 0.1) is 10.6 Å². The molecule has 27 heavy (non-hydrogen) atoms. The zero-order valence-corrected chi connectivity index (χ0v) is 15.8. The van der Waals surface area contributed by atoms with E-state index in [0.717, 1.165) is 5.69 Å². The monoisotopic (exact) mass is 392 g/mol. The summed E-state index contributed by atoms with van der Waals surface area (Å²) in [4.78, 5) is 14.5. The topological polar surface area (TPSA) is 103 Å². The molecule has 2 aromatic rings. The van der Waals surface area contributed by atoms with Crippen LogP contribution < -0.4 is 19.1 Å². The SMILES string of the molecule is Cc1cc(N2CCC[C@H](NS(=O)(=O)c3ccc4c(c3)OCO4)C2=O)n(C)n1. The first-order valence-electron chi connectivity index (χ1n) is 8.59. The van der Waals surface area contributed by atoms with Crippen LogP contribution in [0.25, 0.3) is 0 Å². The van der Waals surface area contributed by atoms with E-state index in [4.69, 9.17) is 9.47 Å². The Hall–Kier alpha value is -2.59. The summed E-state index contributed by atoms with van der Waals surface area (Å²) in [5.74, 6) is 1.25. The third kappa shape index (κ3) is 3.26. The maximum Gasteiger partial charge on any atom is 0.246 e. The minimum atomic E-state index is -3.88. The van der Waals surface area contributed by atoms with Gasteiger partial charge in [-0.05, 0) is 31.9 Å². The first-order chi connectivity index (χ1) is 12.8. The number of ether oxygens (including phenoxy) is 2. The summed E-state index contributed by atoms with van der Waals surface area (Å²) in [5, 5.41) is 4.26. The van der Waals surface area contributed by atoms with Crippen LogP contribution in [0.5, 0.6) is 11.5 Å². The zero-order valence-electron chi connectivity index (χ0n) is 15.0. The fraction of sp³-hybridized carbons (Fsp3) is 0.412. The molecular formula is C17H20N4O5S. The quantitative estimate of drug-likeness (QED) is 0.830. The highest BCUT2D eigenvalue weighted by Gasteiger charge is 2.34. The number of rotatable bonds is 4. The number of aromatic nitrogens is 2. The largest absolute Gasteiger partial charge is 0.454 e. The molecule has 1 fully saturated rings. The normalized spacial score (nSPS) is 19.6. The van der Waals surface area contributed by atoms with Gasteiger partial charge in [0.1, 0.15) is 11.9 Å². The predicted molar refractivity (Wildman–Crippen MR) is 96.2 cm³/mol. The van der Waals surface area contributed by atoms with Crippen molar-refractivity contribution in [3.05, 3.63) is 30.0 Å². The number of hydrogen-bond donors (Lipinski definition) is 1. The van der Waals surface area contributed by atoms with Crippen molar-refractivity contribution in [1.29, 1.82) is 0 Å². The van der Waals surface area contributed by atoms with Gasteiger partial charge in [-0.15, -0.1) is 0 Å². The Kier molecular flexibility index (Phi) is 4.31. The first kappa shape index (κ1) is 17.8. The minimum Gasteiger partial charge on any atom is -0.454 e. The lowest BCUT2D eigenvalue weighted by molar-refractivity contribution is -0.121. The molecule has 144 valence electrons. The lowest BCUT2D eigenvalue weighted by Gasteiger charge is -2.32. The van der Waals surface area contributed by atoms with E-state index >= 15 is 0 Å². The Morgan fingerprint density at radius 1 is 1.22 bits per heavy atom. The second-order valence-electron chi connectivity index (χ2n) is 6.59. The molecule has 1 N–H and O–H groups in total. The average molecular weight is 392 g/mol. The summed E-state index contributed by atoms with van der Waals surface area (Å²) in [5.41, 5.74) is 0.795. The Labute approximate surface area is 156 Å². The molecular weight excluding hydrogens is 372 g/mol. The first-order valence-corrected chi connectivity index (χ1v) is 10.1. The number of hydrogen-bond acceptors (Lipinski definition) is 6. The highest BCUT2D eigenvalue weighted by atomic mass is 32.2. The van der Waals surface area contributed by atoms with Crippen LogP contribution in [-0.2, 0) is 21.9 Å². The summed E-state index contributed by atoms with van der Waals surface area (Å²) in [7, 11) is -2.12. The Morgan fingerprint density at radius 2 is 2.00 bits per heavy atom. The summed E-state index contributed by atoms with van der Waals surface area (Å²) in [6.07, 6.45) is 1.13. The van der Waals surface area contributed by atoms with Crippen LogP contribution in [0, 0.1) is 6.92 Å². The standard InChI is InChI=1S/C17H20N4O5S/c1-11-8-16(20(2)18-11)21-7-3-4-13(17(21)22)19-27(23,24)12-5-6-14-15(9-12)26-10-25-14/h5-6,8-9,13,19H,3-4,7,10H2,1-2H3/t13-/m0/s1. The molecule has 1 amide bonds. The number of amides is 1. The van der Waals surface area contributed by atoms with Crippen LogP contribution >= 0.6 is 0 Å². The van der Waals surface area contributed by atoms with Crippen LogP contribution in [0.3, 0.4) is 0 Å². The van der Waals surface area contributed by atoms with E-state index in [1.54, 1.807) is 22.7 Å². The van der Waals surface area contributed by atoms with Crippen LogP contribution in [0.4, 0.5) is 5.82 Å². The average Bonchev–Trinajstić information content (AvgIpc) is 3.21. The molecule has 0 unspecified atom stereocenters. The fourth-order valence-corrected chi connectivity index (χ4v) is 4.60.